The molecule has 1 rings (SSSR count). The summed E-state index contributed by atoms with van der Waals surface area (Å²) >= 11 is 0. The van der Waals surface area contributed by atoms with Crippen LogP contribution in [-0.4, -0.2) is 35.4 Å². The van der Waals surface area contributed by atoms with Crippen LogP contribution in [0, 0.1) is 0 Å². The molecule has 0 aliphatic carbocycles. The monoisotopic (exact) mass is 292 g/mol. The van der Waals surface area contributed by atoms with E-state index >= 15 is 0 Å². The first-order valence-electron chi connectivity index (χ1n) is 7.81. The molecule has 0 aromatic heterocycles. The Morgan fingerprint density at radius 3 is 1.85 bits per heavy atom. The van der Waals surface area contributed by atoms with Crippen LogP contribution in [0.3, 0.4) is 0 Å². The number of piperidine rings is 1. The summed E-state index contributed by atoms with van der Waals surface area (Å²) in [5.41, 5.74) is 4.85. The normalized spacial score (nSPS) is 19.1. The van der Waals surface area contributed by atoms with E-state index in [1.54, 1.807) is 0 Å². The van der Waals surface area contributed by atoms with Gasteiger partial charge < -0.3 is 5.73 Å². The van der Waals surface area contributed by atoms with Crippen molar-refractivity contribution >= 4 is 5.91 Å². The van der Waals surface area contributed by atoms with Gasteiger partial charge in [-0.05, 0) is 12.8 Å². The molecular formula is C15H30F2N2O. The molecule has 1 fully saturated rings. The summed E-state index contributed by atoms with van der Waals surface area (Å²) in [5.74, 6) is -2.95. The molecule has 1 aliphatic heterocycles. The Morgan fingerprint density at radius 1 is 1.15 bits per heavy atom. The standard InChI is InChI=1S/C13H24F2N2O.C2H6/c1-3-5-12(6-4-2,11(16)18)17-9-7-13(14,15)8-10-17;1-2/h3-10H2,1-2H3,(H2,16,18);1-2H3. The van der Waals surface area contributed by atoms with Crippen molar-refractivity contribution in [3.8, 4) is 0 Å². The van der Waals surface area contributed by atoms with Crippen molar-refractivity contribution in [2.75, 3.05) is 13.1 Å². The van der Waals surface area contributed by atoms with Gasteiger partial charge in [-0.3, -0.25) is 9.69 Å². The maximum Gasteiger partial charge on any atom is 0.250 e. The van der Waals surface area contributed by atoms with E-state index in [0.717, 1.165) is 12.8 Å². The lowest BCUT2D eigenvalue weighted by molar-refractivity contribution is -0.138. The van der Waals surface area contributed by atoms with Gasteiger partial charge >= 0.3 is 0 Å². The molecule has 0 atom stereocenters. The number of carbonyl (C=O) groups is 1. The Morgan fingerprint density at radius 2 is 1.55 bits per heavy atom. The van der Waals surface area contributed by atoms with Crippen molar-refractivity contribution in [3.05, 3.63) is 0 Å². The molecule has 120 valence electrons. The summed E-state index contributed by atoms with van der Waals surface area (Å²) in [7, 11) is 0. The molecule has 0 spiro atoms. The largest absolute Gasteiger partial charge is 0.368 e. The summed E-state index contributed by atoms with van der Waals surface area (Å²) in [4.78, 5) is 13.7. The Bertz CT molecular complexity index is 280. The molecule has 0 saturated carbocycles. The maximum absolute atomic E-state index is 13.2. The Hall–Kier alpha value is -0.710. The van der Waals surface area contributed by atoms with E-state index in [1.807, 2.05) is 32.6 Å². The van der Waals surface area contributed by atoms with Crippen molar-refractivity contribution in [1.82, 2.24) is 4.90 Å². The minimum absolute atomic E-state index is 0.171. The molecule has 2 N–H and O–H groups in total. The van der Waals surface area contributed by atoms with Crippen LogP contribution in [0.2, 0.25) is 0 Å². The predicted molar refractivity (Wildman–Crippen MR) is 78.8 cm³/mol. The minimum Gasteiger partial charge on any atom is -0.368 e. The average molecular weight is 292 g/mol. The first kappa shape index (κ1) is 19.3. The highest BCUT2D eigenvalue weighted by molar-refractivity contribution is 5.84. The van der Waals surface area contributed by atoms with Gasteiger partial charge in [0.2, 0.25) is 5.91 Å². The molecule has 20 heavy (non-hydrogen) atoms. The molecule has 5 heteroatoms. The van der Waals surface area contributed by atoms with Crippen LogP contribution in [0.25, 0.3) is 0 Å². The number of nitrogens with zero attached hydrogens (tertiary/aromatic N) is 1. The van der Waals surface area contributed by atoms with E-state index in [1.165, 1.54) is 0 Å². The van der Waals surface area contributed by atoms with Crippen LogP contribution in [0.4, 0.5) is 8.78 Å². The first-order valence-corrected chi connectivity index (χ1v) is 7.81. The van der Waals surface area contributed by atoms with Crippen LogP contribution >= 0.6 is 0 Å². The number of hydrogen-bond acceptors (Lipinski definition) is 2. The third-order valence-electron chi connectivity index (χ3n) is 3.89. The highest BCUT2D eigenvalue weighted by atomic mass is 19.3. The van der Waals surface area contributed by atoms with Gasteiger partial charge in [0.25, 0.3) is 5.92 Å². The molecule has 1 heterocycles. The molecule has 1 amide bonds. The van der Waals surface area contributed by atoms with Gasteiger partial charge in [-0.25, -0.2) is 8.78 Å². The van der Waals surface area contributed by atoms with Gasteiger partial charge in [0.1, 0.15) is 5.54 Å². The highest BCUT2D eigenvalue weighted by Gasteiger charge is 2.45. The van der Waals surface area contributed by atoms with E-state index in [0.29, 0.717) is 12.8 Å². The molecule has 0 radical (unpaired) electrons. The van der Waals surface area contributed by atoms with Crippen LogP contribution in [0.5, 0.6) is 0 Å². The Balaban J connectivity index is 0.00000172. The van der Waals surface area contributed by atoms with Crippen molar-refractivity contribution in [2.24, 2.45) is 5.73 Å². The predicted octanol–water partition coefficient (Wildman–Crippen LogP) is 3.57. The fourth-order valence-corrected chi connectivity index (χ4v) is 2.93. The number of halogens is 2. The molecule has 0 aromatic carbocycles. The first-order chi connectivity index (χ1) is 9.38. The number of alkyl halides is 2. The molecular weight excluding hydrogens is 262 g/mol. The van der Waals surface area contributed by atoms with Crippen molar-refractivity contribution in [3.63, 3.8) is 0 Å². The van der Waals surface area contributed by atoms with Gasteiger partial charge in [0, 0.05) is 25.9 Å². The summed E-state index contributed by atoms with van der Waals surface area (Å²) < 4.78 is 26.4. The zero-order valence-electron chi connectivity index (χ0n) is 13.3. The summed E-state index contributed by atoms with van der Waals surface area (Å²) in [6.07, 6.45) is 2.63. The van der Waals surface area contributed by atoms with Gasteiger partial charge in [0.05, 0.1) is 0 Å². The molecule has 1 saturated heterocycles. The number of primary amides is 1. The van der Waals surface area contributed by atoms with E-state index in [2.05, 4.69) is 0 Å². The van der Waals surface area contributed by atoms with E-state index in [4.69, 9.17) is 5.73 Å². The molecule has 3 nitrogen and oxygen atoms in total. The lowest BCUT2D eigenvalue weighted by Gasteiger charge is -2.45. The molecule has 0 bridgehead atoms. The number of rotatable bonds is 6. The number of nitrogens with two attached hydrogens (primary N) is 1. The fraction of sp³-hybridized carbons (Fsp3) is 0.933. The van der Waals surface area contributed by atoms with Crippen LogP contribution in [0.15, 0.2) is 0 Å². The van der Waals surface area contributed by atoms with Crippen LogP contribution < -0.4 is 5.73 Å². The second-order valence-electron chi connectivity index (χ2n) is 5.24. The Kier molecular flexibility index (Phi) is 8.25. The fourth-order valence-electron chi connectivity index (χ4n) is 2.93. The van der Waals surface area contributed by atoms with Gasteiger partial charge in [-0.15, -0.1) is 0 Å². The summed E-state index contributed by atoms with van der Waals surface area (Å²) in [5, 5.41) is 0. The molecule has 0 unspecified atom stereocenters. The number of likely N-dealkylation sites (tertiary alicyclic amines) is 1. The topological polar surface area (TPSA) is 46.3 Å². The quantitative estimate of drug-likeness (QED) is 0.813. The highest BCUT2D eigenvalue weighted by Crippen LogP contribution is 2.35. The van der Waals surface area contributed by atoms with Crippen molar-refractivity contribution < 1.29 is 13.6 Å². The van der Waals surface area contributed by atoms with Gasteiger partial charge in [-0.1, -0.05) is 40.5 Å². The van der Waals surface area contributed by atoms with E-state index in [-0.39, 0.29) is 31.8 Å². The number of carbonyl (C=O) groups excluding carboxylic acids is 1. The average Bonchev–Trinajstić information content (AvgIpc) is 2.40. The SMILES string of the molecule is CC.CCCC(CCC)(C(N)=O)N1CCC(F)(F)CC1. The van der Waals surface area contributed by atoms with Crippen molar-refractivity contribution in [2.45, 2.75) is 77.7 Å². The van der Waals surface area contributed by atoms with Gasteiger partial charge in [-0.2, -0.15) is 0 Å². The van der Waals surface area contributed by atoms with Gasteiger partial charge in [0.15, 0.2) is 0 Å². The maximum atomic E-state index is 13.2. The summed E-state index contributed by atoms with van der Waals surface area (Å²) in [6.45, 7) is 8.50. The zero-order valence-corrected chi connectivity index (χ0v) is 13.3. The van der Waals surface area contributed by atoms with Crippen LogP contribution in [0.1, 0.15) is 66.2 Å². The lowest BCUT2D eigenvalue weighted by atomic mass is 9.84. The van der Waals surface area contributed by atoms with E-state index in [9.17, 15) is 13.6 Å². The Labute approximate surface area is 121 Å². The number of hydrogen-bond donors (Lipinski definition) is 1. The van der Waals surface area contributed by atoms with Crippen LogP contribution in [-0.2, 0) is 4.79 Å². The summed E-state index contributed by atoms with van der Waals surface area (Å²) in [6, 6.07) is 0. The minimum atomic E-state index is -2.59. The smallest absolute Gasteiger partial charge is 0.250 e. The third kappa shape index (κ3) is 4.69. The molecule has 0 aromatic rings. The zero-order chi connectivity index (χ0) is 15.8. The second-order valence-corrected chi connectivity index (χ2v) is 5.24. The number of amides is 1. The van der Waals surface area contributed by atoms with Crippen molar-refractivity contribution in [1.29, 1.82) is 0 Å². The van der Waals surface area contributed by atoms with E-state index < -0.39 is 11.5 Å². The third-order valence-corrected chi connectivity index (χ3v) is 3.89. The lowest BCUT2D eigenvalue weighted by Crippen LogP contribution is -2.60. The second kappa shape index (κ2) is 8.55. The molecule has 1 aliphatic rings.